The van der Waals surface area contributed by atoms with Crippen LogP contribution in [0.1, 0.15) is 27.9 Å². The summed E-state index contributed by atoms with van der Waals surface area (Å²) in [5.74, 6) is -1.58. The van der Waals surface area contributed by atoms with Gasteiger partial charge < -0.3 is 5.11 Å². The van der Waals surface area contributed by atoms with Crippen molar-refractivity contribution in [3.8, 4) is 11.6 Å². The minimum atomic E-state index is -0.572. The third kappa shape index (κ3) is 3.78. The first-order chi connectivity index (χ1) is 17.2. The molecule has 3 heterocycles. The lowest BCUT2D eigenvalue weighted by Crippen LogP contribution is -2.40. The predicted molar refractivity (Wildman–Crippen MR) is 136 cm³/mol. The number of pyridine rings is 1. The van der Waals surface area contributed by atoms with Gasteiger partial charge in [-0.1, -0.05) is 29.8 Å². The van der Waals surface area contributed by atoms with E-state index in [9.17, 15) is 14.7 Å². The summed E-state index contributed by atoms with van der Waals surface area (Å²) in [6.07, 6.45) is 3.51. The number of aryl methyl sites for hydroxylation is 4. The van der Waals surface area contributed by atoms with Gasteiger partial charge in [-0.3, -0.25) is 9.59 Å². The van der Waals surface area contributed by atoms with Crippen LogP contribution in [-0.2, 0) is 9.59 Å². The number of imide groups is 1. The minimum absolute atomic E-state index is 0.0190. The molecule has 0 saturated carbocycles. The summed E-state index contributed by atoms with van der Waals surface area (Å²) in [5, 5.41) is 18.5. The highest BCUT2D eigenvalue weighted by Crippen LogP contribution is 2.38. The first-order valence-electron chi connectivity index (χ1n) is 11.4. The van der Waals surface area contributed by atoms with Gasteiger partial charge >= 0.3 is 5.91 Å². The van der Waals surface area contributed by atoms with E-state index in [0.717, 1.165) is 21.6 Å². The molecule has 2 aromatic carbocycles. The Kier molecular flexibility index (Phi) is 5.73. The van der Waals surface area contributed by atoms with Gasteiger partial charge in [-0.15, -0.1) is 0 Å². The molecule has 8 heteroatoms. The van der Waals surface area contributed by atoms with Crippen molar-refractivity contribution in [2.45, 2.75) is 27.7 Å². The Morgan fingerprint density at radius 3 is 2.31 bits per heavy atom. The number of hydrogen-bond donors (Lipinski definition) is 0. The van der Waals surface area contributed by atoms with Crippen molar-refractivity contribution in [3.63, 3.8) is 0 Å². The van der Waals surface area contributed by atoms with Crippen molar-refractivity contribution < 1.29 is 19.3 Å². The standard InChI is InChI=1S/C28H23ClN4O3/c1-16-7-5-9-21(13-16)32-26(34)24(25(28(32)36)31-12-11-17(2)18(3)15-31)23-19(4)30-33(27(23)35)22-10-6-8-20(29)14-22/h5-15H,1-4H3. The Labute approximate surface area is 213 Å². The van der Waals surface area contributed by atoms with Gasteiger partial charge in [0.25, 0.3) is 11.6 Å². The molecule has 4 aromatic rings. The molecule has 36 heavy (non-hydrogen) atoms. The van der Waals surface area contributed by atoms with E-state index in [2.05, 4.69) is 5.10 Å². The third-order valence-corrected chi connectivity index (χ3v) is 6.57. The summed E-state index contributed by atoms with van der Waals surface area (Å²) >= 11 is 6.13. The Hall–Kier alpha value is -4.23. The molecule has 0 unspecified atom stereocenters. The van der Waals surface area contributed by atoms with Crippen LogP contribution in [0.25, 0.3) is 17.0 Å². The average molecular weight is 499 g/mol. The molecule has 0 atom stereocenters. The molecule has 0 aliphatic carbocycles. The Morgan fingerprint density at radius 1 is 0.889 bits per heavy atom. The van der Waals surface area contributed by atoms with Crippen LogP contribution in [-0.4, -0.2) is 21.6 Å². The van der Waals surface area contributed by atoms with Crippen LogP contribution in [0.5, 0.6) is 5.88 Å². The lowest BCUT2D eigenvalue weighted by molar-refractivity contribution is -0.577. The number of aromatic nitrogens is 3. The summed E-state index contributed by atoms with van der Waals surface area (Å²) in [6, 6.07) is 15.7. The van der Waals surface area contributed by atoms with E-state index in [1.807, 2.05) is 32.9 Å². The lowest BCUT2D eigenvalue weighted by atomic mass is 10.0. The molecule has 0 N–H and O–H groups in total. The quantitative estimate of drug-likeness (QED) is 0.314. The average Bonchev–Trinajstić information content (AvgIpc) is 3.26. The maximum atomic E-state index is 13.9. The van der Waals surface area contributed by atoms with E-state index < -0.39 is 17.7 Å². The number of carbonyl (C=O) groups excluding carboxylic acids is 2. The van der Waals surface area contributed by atoms with E-state index in [1.165, 1.54) is 4.68 Å². The molecule has 5 rings (SSSR count). The van der Waals surface area contributed by atoms with Crippen LogP contribution < -0.4 is 14.6 Å². The van der Waals surface area contributed by atoms with Crippen molar-refractivity contribution in [1.29, 1.82) is 0 Å². The minimum Gasteiger partial charge on any atom is -0.858 e. The second-order valence-electron chi connectivity index (χ2n) is 8.88. The number of benzene rings is 2. The number of nitrogens with zero attached hydrogens (tertiary/aromatic N) is 4. The molecule has 0 spiro atoms. The van der Waals surface area contributed by atoms with Crippen molar-refractivity contribution in [3.05, 3.63) is 100.0 Å². The predicted octanol–water partition coefficient (Wildman–Crippen LogP) is 4.06. The molecular formula is C28H23ClN4O3. The molecule has 180 valence electrons. The van der Waals surface area contributed by atoms with Crippen LogP contribution in [0, 0.1) is 27.7 Å². The molecule has 1 aliphatic rings. The van der Waals surface area contributed by atoms with Gasteiger partial charge in [-0.05, 0) is 75.0 Å². The van der Waals surface area contributed by atoms with E-state index in [-0.39, 0.29) is 16.8 Å². The topological polar surface area (TPSA) is 82.1 Å². The molecule has 0 bridgehead atoms. The second kappa shape index (κ2) is 8.77. The van der Waals surface area contributed by atoms with Gasteiger partial charge in [0.2, 0.25) is 0 Å². The lowest BCUT2D eigenvalue weighted by Gasteiger charge is -2.16. The fourth-order valence-electron chi connectivity index (χ4n) is 4.38. The monoisotopic (exact) mass is 498 g/mol. The van der Waals surface area contributed by atoms with Gasteiger partial charge in [0.1, 0.15) is 5.57 Å². The molecule has 1 aliphatic heterocycles. The molecule has 0 radical (unpaired) electrons. The van der Waals surface area contributed by atoms with Crippen LogP contribution in [0.4, 0.5) is 5.69 Å². The van der Waals surface area contributed by atoms with E-state index in [0.29, 0.717) is 22.1 Å². The number of amides is 2. The van der Waals surface area contributed by atoms with Crippen molar-refractivity contribution in [2.24, 2.45) is 0 Å². The maximum absolute atomic E-state index is 13.9. The fraction of sp³-hybridized carbons (Fsp3) is 0.143. The molecule has 0 saturated heterocycles. The normalized spacial score (nSPS) is 13.8. The number of carbonyl (C=O) groups is 2. The van der Waals surface area contributed by atoms with Crippen LogP contribution in [0.3, 0.4) is 0 Å². The van der Waals surface area contributed by atoms with Gasteiger partial charge in [-0.2, -0.15) is 9.67 Å². The highest BCUT2D eigenvalue weighted by molar-refractivity contribution is 6.53. The number of rotatable bonds is 4. The molecule has 2 aromatic heterocycles. The van der Waals surface area contributed by atoms with Crippen molar-refractivity contribution >= 4 is 40.4 Å². The SMILES string of the molecule is Cc1cccc(N2C(=O)C(c3c(C)nn(-c4cccc(Cl)c4)c3[O-])=C([n+]3ccc(C)c(C)c3)C2=O)c1. The highest BCUT2D eigenvalue weighted by atomic mass is 35.5. The van der Waals surface area contributed by atoms with Gasteiger partial charge in [0, 0.05) is 22.2 Å². The Balaban J connectivity index is 1.77. The van der Waals surface area contributed by atoms with Crippen LogP contribution in [0.15, 0.2) is 67.0 Å². The molecule has 2 amide bonds. The number of hydrogen-bond acceptors (Lipinski definition) is 4. The maximum Gasteiger partial charge on any atom is 0.331 e. The summed E-state index contributed by atoms with van der Waals surface area (Å²) in [4.78, 5) is 28.9. The van der Waals surface area contributed by atoms with Crippen molar-refractivity contribution in [2.75, 3.05) is 4.90 Å². The van der Waals surface area contributed by atoms with Gasteiger partial charge in [0.15, 0.2) is 12.4 Å². The van der Waals surface area contributed by atoms with Gasteiger partial charge in [-0.25, -0.2) is 9.58 Å². The largest absolute Gasteiger partial charge is 0.858 e. The summed E-state index contributed by atoms with van der Waals surface area (Å²) in [7, 11) is 0. The van der Waals surface area contributed by atoms with Gasteiger partial charge in [0.05, 0.1) is 17.1 Å². The summed E-state index contributed by atoms with van der Waals surface area (Å²) in [6.45, 7) is 7.43. The third-order valence-electron chi connectivity index (χ3n) is 6.34. The number of halogens is 1. The Morgan fingerprint density at radius 2 is 1.61 bits per heavy atom. The van der Waals surface area contributed by atoms with E-state index in [1.54, 1.807) is 66.3 Å². The zero-order valence-electron chi connectivity index (χ0n) is 20.2. The number of anilines is 1. The second-order valence-corrected chi connectivity index (χ2v) is 9.32. The first kappa shape index (κ1) is 23.5. The summed E-state index contributed by atoms with van der Waals surface area (Å²) in [5.41, 5.74) is 4.33. The zero-order chi connectivity index (χ0) is 25.7. The smallest absolute Gasteiger partial charge is 0.331 e. The summed E-state index contributed by atoms with van der Waals surface area (Å²) < 4.78 is 2.82. The molecular weight excluding hydrogens is 476 g/mol. The molecule has 0 fully saturated rings. The van der Waals surface area contributed by atoms with E-state index in [4.69, 9.17) is 11.6 Å². The highest BCUT2D eigenvalue weighted by Gasteiger charge is 2.47. The Bertz CT molecular complexity index is 1600. The fourth-order valence-corrected chi connectivity index (χ4v) is 4.56. The molecule has 7 nitrogen and oxygen atoms in total. The van der Waals surface area contributed by atoms with Crippen LogP contribution >= 0.6 is 11.6 Å². The van der Waals surface area contributed by atoms with Crippen LogP contribution in [0.2, 0.25) is 5.02 Å². The van der Waals surface area contributed by atoms with Crippen molar-refractivity contribution in [1.82, 2.24) is 9.78 Å². The van der Waals surface area contributed by atoms with E-state index >= 15 is 0 Å². The zero-order valence-corrected chi connectivity index (χ0v) is 21.0. The first-order valence-corrected chi connectivity index (χ1v) is 11.8.